The summed E-state index contributed by atoms with van der Waals surface area (Å²) in [5, 5.41) is 4.67. The number of rotatable bonds is 4. The maximum Gasteiger partial charge on any atom is 0.0925 e. The molecule has 2 rings (SSSR count). The van der Waals surface area contributed by atoms with Gasteiger partial charge in [0.15, 0.2) is 0 Å². The van der Waals surface area contributed by atoms with Crippen LogP contribution in [0.2, 0.25) is 0 Å². The topological polar surface area (TPSA) is 24.9 Å². The largest absolute Gasteiger partial charge is 0.380 e. The predicted molar refractivity (Wildman–Crippen MR) is 74.7 cm³/mol. The van der Waals surface area contributed by atoms with Crippen molar-refractivity contribution in [3.63, 3.8) is 0 Å². The van der Waals surface area contributed by atoms with E-state index in [-0.39, 0.29) is 0 Å². The Bertz CT molecular complexity index is 503. The normalized spacial score (nSPS) is 10.5. The maximum absolute atomic E-state index is 4.36. The Morgan fingerprint density at radius 2 is 2.12 bits per heavy atom. The second-order valence-electron chi connectivity index (χ2n) is 4.25. The molecule has 0 saturated heterocycles. The summed E-state index contributed by atoms with van der Waals surface area (Å²) < 4.78 is 0. The van der Waals surface area contributed by atoms with Crippen molar-refractivity contribution in [2.45, 2.75) is 33.7 Å². The molecule has 2 aromatic rings. The fraction of sp³-hybridized carbons (Fsp3) is 0.357. The molecule has 1 heterocycles. The Labute approximate surface area is 107 Å². The van der Waals surface area contributed by atoms with E-state index >= 15 is 0 Å². The number of thiazole rings is 1. The molecule has 90 valence electrons. The molecule has 0 aliphatic heterocycles. The molecule has 0 saturated carbocycles. The second-order valence-corrected chi connectivity index (χ2v) is 5.45. The van der Waals surface area contributed by atoms with Crippen LogP contribution in [-0.4, -0.2) is 4.98 Å². The van der Waals surface area contributed by atoms with Crippen LogP contribution in [0.4, 0.5) is 5.69 Å². The van der Waals surface area contributed by atoms with E-state index in [0.717, 1.165) is 13.0 Å². The highest BCUT2D eigenvalue weighted by atomic mass is 32.1. The summed E-state index contributed by atoms with van der Waals surface area (Å²) in [5.74, 6) is 0. The standard InChI is InChI=1S/C14H18N2S/c1-4-14-16-9-12(17-14)8-15-13-6-5-10(2)7-11(13)3/h5-7,9,15H,4,8H2,1-3H3. The van der Waals surface area contributed by atoms with Crippen LogP contribution >= 0.6 is 11.3 Å². The van der Waals surface area contributed by atoms with E-state index in [0.29, 0.717) is 0 Å². The summed E-state index contributed by atoms with van der Waals surface area (Å²) in [4.78, 5) is 5.66. The first kappa shape index (κ1) is 12.1. The summed E-state index contributed by atoms with van der Waals surface area (Å²) in [6.45, 7) is 7.26. The molecule has 0 spiro atoms. The van der Waals surface area contributed by atoms with Crippen molar-refractivity contribution in [2.75, 3.05) is 5.32 Å². The van der Waals surface area contributed by atoms with Gasteiger partial charge in [0.2, 0.25) is 0 Å². The van der Waals surface area contributed by atoms with Gasteiger partial charge in [0.25, 0.3) is 0 Å². The third-order valence-corrected chi connectivity index (χ3v) is 3.88. The number of hydrogen-bond donors (Lipinski definition) is 1. The average molecular weight is 246 g/mol. The van der Waals surface area contributed by atoms with E-state index in [1.807, 2.05) is 6.20 Å². The summed E-state index contributed by atoms with van der Waals surface area (Å²) in [6, 6.07) is 6.48. The lowest BCUT2D eigenvalue weighted by Crippen LogP contribution is -1.99. The van der Waals surface area contributed by atoms with Crippen LogP contribution in [0.5, 0.6) is 0 Å². The fourth-order valence-corrected chi connectivity index (χ4v) is 2.59. The average Bonchev–Trinajstić information content (AvgIpc) is 2.76. The minimum Gasteiger partial charge on any atom is -0.380 e. The number of nitrogens with zero attached hydrogens (tertiary/aromatic N) is 1. The molecule has 0 bridgehead atoms. The van der Waals surface area contributed by atoms with Gasteiger partial charge in [-0.25, -0.2) is 4.98 Å². The molecule has 0 aliphatic carbocycles. The number of aryl methyl sites for hydroxylation is 3. The number of aromatic nitrogens is 1. The molecule has 0 unspecified atom stereocenters. The van der Waals surface area contributed by atoms with Crippen LogP contribution in [0, 0.1) is 13.8 Å². The van der Waals surface area contributed by atoms with Crippen LogP contribution in [0.3, 0.4) is 0 Å². The minimum atomic E-state index is 0.863. The third-order valence-electron chi connectivity index (χ3n) is 2.74. The molecule has 0 fully saturated rings. The Morgan fingerprint density at radius 3 is 2.76 bits per heavy atom. The van der Waals surface area contributed by atoms with Gasteiger partial charge < -0.3 is 5.32 Å². The minimum absolute atomic E-state index is 0.863. The quantitative estimate of drug-likeness (QED) is 0.884. The summed E-state index contributed by atoms with van der Waals surface area (Å²) >= 11 is 1.79. The molecule has 0 atom stereocenters. The number of anilines is 1. The maximum atomic E-state index is 4.36. The first-order chi connectivity index (χ1) is 8.19. The second kappa shape index (κ2) is 5.32. The van der Waals surface area contributed by atoms with Gasteiger partial charge in [-0.05, 0) is 31.9 Å². The summed E-state index contributed by atoms with van der Waals surface area (Å²) in [6.07, 6.45) is 2.99. The van der Waals surface area contributed by atoms with Crippen molar-refractivity contribution in [1.29, 1.82) is 0 Å². The van der Waals surface area contributed by atoms with Gasteiger partial charge in [-0.1, -0.05) is 24.6 Å². The van der Waals surface area contributed by atoms with Gasteiger partial charge in [-0.3, -0.25) is 0 Å². The van der Waals surface area contributed by atoms with Crippen molar-refractivity contribution in [2.24, 2.45) is 0 Å². The molecule has 1 aromatic carbocycles. The highest BCUT2D eigenvalue weighted by molar-refractivity contribution is 7.11. The van der Waals surface area contributed by atoms with Crippen LogP contribution in [0.1, 0.15) is 27.9 Å². The molecule has 2 nitrogen and oxygen atoms in total. The monoisotopic (exact) mass is 246 g/mol. The molecule has 0 amide bonds. The third kappa shape index (κ3) is 3.07. The van der Waals surface area contributed by atoms with Crippen molar-refractivity contribution in [3.05, 3.63) is 45.4 Å². The van der Waals surface area contributed by atoms with Crippen LogP contribution in [0.25, 0.3) is 0 Å². The Hall–Kier alpha value is -1.35. The molecule has 1 aromatic heterocycles. The molecule has 0 radical (unpaired) electrons. The van der Waals surface area contributed by atoms with E-state index in [1.165, 1.54) is 26.7 Å². The lowest BCUT2D eigenvalue weighted by atomic mass is 10.1. The van der Waals surface area contributed by atoms with Crippen LogP contribution in [-0.2, 0) is 13.0 Å². The predicted octanol–water partition coefficient (Wildman–Crippen LogP) is 3.93. The number of hydrogen-bond acceptors (Lipinski definition) is 3. The van der Waals surface area contributed by atoms with Crippen LogP contribution in [0.15, 0.2) is 24.4 Å². The van der Waals surface area contributed by atoms with Crippen LogP contribution < -0.4 is 5.32 Å². The Kier molecular flexibility index (Phi) is 3.79. The molecule has 17 heavy (non-hydrogen) atoms. The first-order valence-corrected chi connectivity index (χ1v) is 6.75. The summed E-state index contributed by atoms with van der Waals surface area (Å²) in [5.41, 5.74) is 3.81. The fourth-order valence-electron chi connectivity index (χ4n) is 1.79. The highest BCUT2D eigenvalue weighted by Crippen LogP contribution is 2.19. The van der Waals surface area contributed by atoms with Crippen molar-refractivity contribution >= 4 is 17.0 Å². The Balaban J connectivity index is 2.02. The van der Waals surface area contributed by atoms with Crippen molar-refractivity contribution in [3.8, 4) is 0 Å². The van der Waals surface area contributed by atoms with E-state index < -0.39 is 0 Å². The molecule has 0 aliphatic rings. The lowest BCUT2D eigenvalue weighted by molar-refractivity contribution is 1.09. The molecule has 1 N–H and O–H groups in total. The molecule has 3 heteroatoms. The Morgan fingerprint density at radius 1 is 1.29 bits per heavy atom. The smallest absolute Gasteiger partial charge is 0.0925 e. The van der Waals surface area contributed by atoms with Gasteiger partial charge in [-0.15, -0.1) is 11.3 Å². The van der Waals surface area contributed by atoms with Gasteiger partial charge in [0, 0.05) is 16.8 Å². The first-order valence-electron chi connectivity index (χ1n) is 5.93. The van der Waals surface area contributed by atoms with E-state index in [9.17, 15) is 0 Å². The zero-order chi connectivity index (χ0) is 12.3. The summed E-state index contributed by atoms with van der Waals surface area (Å²) in [7, 11) is 0. The van der Waals surface area contributed by atoms with E-state index in [2.05, 4.69) is 49.3 Å². The van der Waals surface area contributed by atoms with Gasteiger partial charge in [0.1, 0.15) is 0 Å². The lowest BCUT2D eigenvalue weighted by Gasteiger charge is -2.08. The van der Waals surface area contributed by atoms with E-state index in [4.69, 9.17) is 0 Å². The zero-order valence-corrected chi connectivity index (χ0v) is 11.4. The zero-order valence-electron chi connectivity index (χ0n) is 10.6. The van der Waals surface area contributed by atoms with Gasteiger partial charge in [-0.2, -0.15) is 0 Å². The number of benzene rings is 1. The SMILES string of the molecule is CCc1ncc(CNc2ccc(C)cc2C)s1. The van der Waals surface area contributed by atoms with Gasteiger partial charge >= 0.3 is 0 Å². The highest BCUT2D eigenvalue weighted by Gasteiger charge is 2.01. The number of nitrogens with one attached hydrogen (secondary N) is 1. The molecular formula is C14H18N2S. The van der Waals surface area contributed by atoms with Gasteiger partial charge in [0.05, 0.1) is 11.6 Å². The molecular weight excluding hydrogens is 228 g/mol. The van der Waals surface area contributed by atoms with E-state index in [1.54, 1.807) is 11.3 Å². The van der Waals surface area contributed by atoms with Crippen molar-refractivity contribution in [1.82, 2.24) is 4.98 Å². The van der Waals surface area contributed by atoms with Crippen molar-refractivity contribution < 1.29 is 0 Å².